The van der Waals surface area contributed by atoms with Crippen molar-refractivity contribution in [2.75, 3.05) is 6.54 Å². The fourth-order valence-corrected chi connectivity index (χ4v) is 2.58. The molecule has 1 N–H and O–H groups in total. The van der Waals surface area contributed by atoms with Crippen LogP contribution in [0.3, 0.4) is 0 Å². The first-order chi connectivity index (χ1) is 7.99. The summed E-state index contributed by atoms with van der Waals surface area (Å²) in [5.41, 5.74) is 0. The van der Waals surface area contributed by atoms with Crippen LogP contribution in [0.25, 0.3) is 0 Å². The molecule has 1 fully saturated rings. The number of halogens is 3. The van der Waals surface area contributed by atoms with Crippen LogP contribution in [0.2, 0.25) is 0 Å². The fourth-order valence-electron chi connectivity index (χ4n) is 2.58. The van der Waals surface area contributed by atoms with Crippen molar-refractivity contribution in [3.05, 3.63) is 0 Å². The van der Waals surface area contributed by atoms with Gasteiger partial charge in [0.25, 0.3) is 0 Å². The molecule has 1 saturated carbocycles. The lowest BCUT2D eigenvalue weighted by Crippen LogP contribution is -2.35. The molecule has 0 saturated heterocycles. The molecule has 0 spiro atoms. The minimum Gasteiger partial charge on any atom is -0.314 e. The van der Waals surface area contributed by atoms with Crippen molar-refractivity contribution in [3.63, 3.8) is 0 Å². The Kier molecular flexibility index (Phi) is 6.31. The van der Waals surface area contributed by atoms with E-state index in [1.54, 1.807) is 0 Å². The highest BCUT2D eigenvalue weighted by Gasteiger charge is 2.26. The van der Waals surface area contributed by atoms with Crippen molar-refractivity contribution in [3.8, 4) is 0 Å². The molecule has 0 aromatic rings. The number of hydrogen-bond acceptors (Lipinski definition) is 1. The lowest BCUT2D eigenvalue weighted by Gasteiger charge is -2.28. The van der Waals surface area contributed by atoms with Gasteiger partial charge in [-0.1, -0.05) is 19.3 Å². The number of nitrogens with one attached hydrogen (secondary N) is 1. The molecule has 1 aliphatic carbocycles. The molecule has 0 radical (unpaired) electrons. The summed E-state index contributed by atoms with van der Waals surface area (Å²) in [7, 11) is 0. The molecule has 1 aliphatic rings. The lowest BCUT2D eigenvalue weighted by molar-refractivity contribution is -0.135. The van der Waals surface area contributed by atoms with Crippen LogP contribution >= 0.6 is 0 Å². The van der Waals surface area contributed by atoms with Gasteiger partial charge in [0.2, 0.25) is 0 Å². The monoisotopic (exact) mass is 251 g/mol. The molecular formula is C13H24F3N. The van der Waals surface area contributed by atoms with E-state index in [9.17, 15) is 13.2 Å². The van der Waals surface area contributed by atoms with Gasteiger partial charge in [0.15, 0.2) is 0 Å². The molecule has 4 heteroatoms. The topological polar surface area (TPSA) is 12.0 Å². The smallest absolute Gasteiger partial charge is 0.314 e. The molecule has 0 amide bonds. The summed E-state index contributed by atoms with van der Waals surface area (Å²) in [6.07, 6.45) is 2.74. The van der Waals surface area contributed by atoms with Gasteiger partial charge in [-0.3, -0.25) is 0 Å². The Morgan fingerprint density at radius 2 is 1.76 bits per heavy atom. The molecule has 0 bridgehead atoms. The van der Waals surface area contributed by atoms with Crippen LogP contribution in [0.4, 0.5) is 13.2 Å². The molecule has 0 aromatic heterocycles. The minimum absolute atomic E-state index is 0.244. The molecule has 1 nitrogen and oxygen atoms in total. The van der Waals surface area contributed by atoms with Gasteiger partial charge in [-0.2, -0.15) is 13.2 Å². The number of hydrogen-bond donors (Lipinski definition) is 1. The van der Waals surface area contributed by atoms with E-state index in [4.69, 9.17) is 0 Å². The SMILES string of the molecule is CC(NCCCCC(F)(F)F)C1CCCCC1. The second-order valence-electron chi connectivity index (χ2n) is 5.21. The van der Waals surface area contributed by atoms with E-state index in [1.807, 2.05) is 0 Å². The minimum atomic E-state index is -3.99. The van der Waals surface area contributed by atoms with Gasteiger partial charge in [0.05, 0.1) is 0 Å². The van der Waals surface area contributed by atoms with Crippen molar-refractivity contribution in [1.82, 2.24) is 5.32 Å². The van der Waals surface area contributed by atoms with Gasteiger partial charge >= 0.3 is 6.18 Å². The maximum Gasteiger partial charge on any atom is 0.389 e. The van der Waals surface area contributed by atoms with Gasteiger partial charge in [0.1, 0.15) is 0 Å². The summed E-state index contributed by atoms with van der Waals surface area (Å²) in [5, 5.41) is 3.37. The Morgan fingerprint density at radius 3 is 2.35 bits per heavy atom. The summed E-state index contributed by atoms with van der Waals surface area (Å²) in [6, 6.07) is 0.459. The van der Waals surface area contributed by atoms with Gasteiger partial charge in [-0.15, -0.1) is 0 Å². The van der Waals surface area contributed by atoms with E-state index in [-0.39, 0.29) is 6.42 Å². The molecule has 0 aliphatic heterocycles. The highest BCUT2D eigenvalue weighted by Crippen LogP contribution is 2.26. The molecular weight excluding hydrogens is 227 g/mol. The Balaban J connectivity index is 2.01. The van der Waals surface area contributed by atoms with E-state index in [1.165, 1.54) is 32.1 Å². The summed E-state index contributed by atoms with van der Waals surface area (Å²) in [6.45, 7) is 2.88. The van der Waals surface area contributed by atoms with Gasteiger partial charge < -0.3 is 5.32 Å². The maximum atomic E-state index is 11.9. The molecule has 0 aromatic carbocycles. The average molecular weight is 251 g/mol. The number of unbranched alkanes of at least 4 members (excludes halogenated alkanes) is 1. The number of rotatable bonds is 6. The summed E-state index contributed by atoms with van der Waals surface area (Å²) in [5.74, 6) is 0.728. The summed E-state index contributed by atoms with van der Waals surface area (Å²) < 4.78 is 35.7. The fraction of sp³-hybridized carbons (Fsp3) is 1.00. The third-order valence-electron chi connectivity index (χ3n) is 3.71. The van der Waals surface area contributed by atoms with E-state index in [2.05, 4.69) is 12.2 Å². The third kappa shape index (κ3) is 6.92. The Hall–Kier alpha value is -0.250. The van der Waals surface area contributed by atoms with E-state index in [0.717, 1.165) is 5.92 Å². The van der Waals surface area contributed by atoms with Crippen LogP contribution in [0.5, 0.6) is 0 Å². The Labute approximate surface area is 102 Å². The first kappa shape index (κ1) is 14.8. The van der Waals surface area contributed by atoms with Gasteiger partial charge in [-0.05, 0) is 45.1 Å². The third-order valence-corrected chi connectivity index (χ3v) is 3.71. The summed E-state index contributed by atoms with van der Waals surface area (Å²) in [4.78, 5) is 0. The van der Waals surface area contributed by atoms with Crippen LogP contribution in [0, 0.1) is 5.92 Å². The molecule has 102 valence electrons. The first-order valence-corrected chi connectivity index (χ1v) is 6.79. The van der Waals surface area contributed by atoms with E-state index < -0.39 is 12.6 Å². The van der Waals surface area contributed by atoms with Gasteiger partial charge in [-0.25, -0.2) is 0 Å². The Morgan fingerprint density at radius 1 is 1.12 bits per heavy atom. The zero-order valence-corrected chi connectivity index (χ0v) is 10.7. The summed E-state index contributed by atoms with van der Waals surface area (Å²) >= 11 is 0. The van der Waals surface area contributed by atoms with Crippen LogP contribution < -0.4 is 5.32 Å². The average Bonchev–Trinajstić information content (AvgIpc) is 2.28. The zero-order chi connectivity index (χ0) is 12.7. The van der Waals surface area contributed by atoms with Crippen LogP contribution in [-0.4, -0.2) is 18.8 Å². The lowest BCUT2D eigenvalue weighted by atomic mass is 9.84. The molecule has 1 unspecified atom stereocenters. The molecule has 1 atom stereocenters. The predicted octanol–water partition coefficient (Wildman–Crippen LogP) is 4.28. The molecule has 17 heavy (non-hydrogen) atoms. The van der Waals surface area contributed by atoms with Crippen molar-refractivity contribution >= 4 is 0 Å². The van der Waals surface area contributed by atoms with Crippen LogP contribution in [0.1, 0.15) is 58.3 Å². The molecule has 1 rings (SSSR count). The van der Waals surface area contributed by atoms with E-state index in [0.29, 0.717) is 19.0 Å². The van der Waals surface area contributed by atoms with E-state index >= 15 is 0 Å². The Bertz CT molecular complexity index is 197. The normalized spacial score (nSPS) is 20.5. The maximum absolute atomic E-state index is 11.9. The second-order valence-corrected chi connectivity index (χ2v) is 5.21. The highest BCUT2D eigenvalue weighted by molar-refractivity contribution is 4.75. The standard InChI is InChI=1S/C13H24F3N/c1-11(12-7-3-2-4-8-12)17-10-6-5-9-13(14,15)16/h11-12,17H,2-10H2,1H3. The van der Waals surface area contributed by atoms with Crippen molar-refractivity contribution in [2.24, 2.45) is 5.92 Å². The zero-order valence-electron chi connectivity index (χ0n) is 10.7. The number of alkyl halides is 3. The molecule has 0 heterocycles. The largest absolute Gasteiger partial charge is 0.389 e. The highest BCUT2D eigenvalue weighted by atomic mass is 19.4. The quantitative estimate of drug-likeness (QED) is 0.695. The van der Waals surface area contributed by atoms with Crippen LogP contribution in [0.15, 0.2) is 0 Å². The van der Waals surface area contributed by atoms with Crippen LogP contribution in [-0.2, 0) is 0 Å². The second kappa shape index (κ2) is 7.24. The van der Waals surface area contributed by atoms with Crippen molar-refractivity contribution in [2.45, 2.75) is 70.5 Å². The van der Waals surface area contributed by atoms with Gasteiger partial charge in [0, 0.05) is 12.5 Å². The predicted molar refractivity (Wildman–Crippen MR) is 63.9 cm³/mol. The first-order valence-electron chi connectivity index (χ1n) is 6.79. The van der Waals surface area contributed by atoms with Crippen molar-refractivity contribution < 1.29 is 13.2 Å². The van der Waals surface area contributed by atoms with Crippen molar-refractivity contribution in [1.29, 1.82) is 0 Å².